The van der Waals surface area contributed by atoms with Crippen LogP contribution in [0.4, 0.5) is 0 Å². The number of hydrogen-bond donors (Lipinski definition) is 2. The lowest BCUT2D eigenvalue weighted by atomic mass is 10.2. The zero-order valence-corrected chi connectivity index (χ0v) is 7.45. The van der Waals surface area contributed by atoms with Crippen molar-refractivity contribution in [1.29, 1.82) is 0 Å². The molecule has 2 rings (SSSR count). The van der Waals surface area contributed by atoms with E-state index < -0.39 is 0 Å². The lowest BCUT2D eigenvalue weighted by molar-refractivity contribution is 0.0930. The monoisotopic (exact) mass is 180 g/mol. The van der Waals surface area contributed by atoms with Gasteiger partial charge >= 0.3 is 0 Å². The summed E-state index contributed by atoms with van der Waals surface area (Å²) in [7, 11) is 0. The highest BCUT2D eigenvalue weighted by molar-refractivity contribution is 5.91. The van der Waals surface area contributed by atoms with Gasteiger partial charge in [0.25, 0.3) is 5.91 Å². The number of H-pyrrole nitrogens is 1. The molecule has 1 fully saturated rings. The highest BCUT2D eigenvalue weighted by Crippen LogP contribution is 2.32. The van der Waals surface area contributed by atoms with E-state index in [2.05, 4.69) is 20.7 Å². The Morgan fingerprint density at radius 3 is 3.08 bits per heavy atom. The maximum atomic E-state index is 11.4. The molecule has 0 saturated heterocycles. The van der Waals surface area contributed by atoms with Gasteiger partial charge in [0.15, 0.2) is 5.69 Å². The standard InChI is InChI=1S/C8H12N4O/c1-5(6-2-3-6)10-8(13)7-4-9-12-11-7/h4-6H,2-3H2,1H3,(H,10,13)(H,9,11,12). The quantitative estimate of drug-likeness (QED) is 0.704. The molecule has 5 nitrogen and oxygen atoms in total. The topological polar surface area (TPSA) is 70.7 Å². The van der Waals surface area contributed by atoms with Gasteiger partial charge in [-0.3, -0.25) is 4.79 Å². The smallest absolute Gasteiger partial charge is 0.273 e. The van der Waals surface area contributed by atoms with Crippen molar-refractivity contribution >= 4 is 5.91 Å². The third-order valence-corrected chi connectivity index (χ3v) is 2.34. The van der Waals surface area contributed by atoms with Crippen LogP contribution in [0.5, 0.6) is 0 Å². The highest BCUT2D eigenvalue weighted by atomic mass is 16.2. The van der Waals surface area contributed by atoms with Crippen LogP contribution in [0.15, 0.2) is 6.20 Å². The zero-order valence-electron chi connectivity index (χ0n) is 7.45. The maximum Gasteiger partial charge on any atom is 0.273 e. The Morgan fingerprint density at radius 1 is 1.77 bits per heavy atom. The van der Waals surface area contributed by atoms with Crippen LogP contribution in [0, 0.1) is 5.92 Å². The summed E-state index contributed by atoms with van der Waals surface area (Å²) in [6.45, 7) is 2.02. The summed E-state index contributed by atoms with van der Waals surface area (Å²) in [5.74, 6) is 0.518. The number of rotatable bonds is 3. The van der Waals surface area contributed by atoms with Gasteiger partial charge in [0.2, 0.25) is 0 Å². The first kappa shape index (κ1) is 8.22. The van der Waals surface area contributed by atoms with E-state index in [4.69, 9.17) is 0 Å². The second-order valence-corrected chi connectivity index (χ2v) is 3.45. The first-order valence-corrected chi connectivity index (χ1v) is 4.44. The summed E-state index contributed by atoms with van der Waals surface area (Å²) in [5.41, 5.74) is 0.354. The van der Waals surface area contributed by atoms with E-state index in [0.717, 1.165) is 0 Å². The van der Waals surface area contributed by atoms with Crippen LogP contribution in [0.3, 0.4) is 0 Å². The molecule has 0 radical (unpaired) electrons. The Bertz CT molecular complexity index is 291. The summed E-state index contributed by atoms with van der Waals surface area (Å²) in [5, 5.41) is 12.6. The Morgan fingerprint density at radius 2 is 2.54 bits per heavy atom. The average molecular weight is 180 g/mol. The van der Waals surface area contributed by atoms with Crippen molar-refractivity contribution in [3.8, 4) is 0 Å². The minimum atomic E-state index is -0.145. The van der Waals surface area contributed by atoms with E-state index in [-0.39, 0.29) is 11.9 Å². The second kappa shape index (κ2) is 3.16. The Hall–Kier alpha value is -1.39. The highest BCUT2D eigenvalue weighted by Gasteiger charge is 2.29. The zero-order chi connectivity index (χ0) is 9.26. The number of aromatic nitrogens is 3. The molecule has 1 saturated carbocycles. The van der Waals surface area contributed by atoms with Crippen LogP contribution in [-0.2, 0) is 0 Å². The lowest BCUT2D eigenvalue weighted by Crippen LogP contribution is -2.34. The van der Waals surface area contributed by atoms with Gasteiger partial charge in [-0.25, -0.2) is 0 Å². The van der Waals surface area contributed by atoms with Crippen molar-refractivity contribution in [1.82, 2.24) is 20.7 Å². The maximum absolute atomic E-state index is 11.4. The number of carbonyl (C=O) groups is 1. The molecule has 0 aromatic carbocycles. The van der Waals surface area contributed by atoms with E-state index in [1.807, 2.05) is 6.92 Å². The van der Waals surface area contributed by atoms with Gasteiger partial charge in [-0.1, -0.05) is 0 Å². The van der Waals surface area contributed by atoms with Crippen molar-refractivity contribution in [2.75, 3.05) is 0 Å². The largest absolute Gasteiger partial charge is 0.348 e. The van der Waals surface area contributed by atoms with E-state index in [0.29, 0.717) is 11.6 Å². The van der Waals surface area contributed by atoms with Crippen molar-refractivity contribution in [3.05, 3.63) is 11.9 Å². The third-order valence-electron chi connectivity index (χ3n) is 2.34. The number of carbonyl (C=O) groups excluding carboxylic acids is 1. The predicted molar refractivity (Wildman–Crippen MR) is 46.0 cm³/mol. The van der Waals surface area contributed by atoms with Crippen molar-refractivity contribution in [2.45, 2.75) is 25.8 Å². The van der Waals surface area contributed by atoms with E-state index in [1.165, 1.54) is 19.0 Å². The predicted octanol–water partition coefficient (Wildman–Crippen LogP) is 0.333. The van der Waals surface area contributed by atoms with E-state index >= 15 is 0 Å². The van der Waals surface area contributed by atoms with Gasteiger partial charge in [-0.15, -0.1) is 0 Å². The molecule has 1 unspecified atom stereocenters. The number of nitrogens with zero attached hydrogens (tertiary/aromatic N) is 2. The molecular formula is C8H12N4O. The average Bonchev–Trinajstić information content (AvgIpc) is 2.81. The van der Waals surface area contributed by atoms with Gasteiger partial charge in [0.1, 0.15) is 0 Å². The molecule has 1 heterocycles. The van der Waals surface area contributed by atoms with Crippen molar-refractivity contribution < 1.29 is 4.79 Å². The summed E-state index contributed by atoms with van der Waals surface area (Å²) in [4.78, 5) is 11.4. The van der Waals surface area contributed by atoms with Crippen LogP contribution in [0.2, 0.25) is 0 Å². The van der Waals surface area contributed by atoms with Crippen LogP contribution in [0.1, 0.15) is 30.3 Å². The number of amides is 1. The van der Waals surface area contributed by atoms with Crippen LogP contribution in [-0.4, -0.2) is 27.4 Å². The summed E-state index contributed by atoms with van der Waals surface area (Å²) < 4.78 is 0. The molecule has 0 bridgehead atoms. The van der Waals surface area contributed by atoms with Crippen molar-refractivity contribution in [2.24, 2.45) is 5.92 Å². The molecule has 1 amide bonds. The molecule has 1 atom stereocenters. The second-order valence-electron chi connectivity index (χ2n) is 3.45. The molecule has 13 heavy (non-hydrogen) atoms. The van der Waals surface area contributed by atoms with Gasteiger partial charge < -0.3 is 5.32 Å². The Kier molecular flexibility index (Phi) is 2.00. The molecule has 0 spiro atoms. The van der Waals surface area contributed by atoms with Crippen LogP contribution in [0.25, 0.3) is 0 Å². The molecule has 0 aliphatic heterocycles. The minimum absolute atomic E-state index is 0.145. The molecule has 2 N–H and O–H groups in total. The van der Waals surface area contributed by atoms with Gasteiger partial charge in [0.05, 0.1) is 6.20 Å². The van der Waals surface area contributed by atoms with Gasteiger partial charge in [-0.05, 0) is 25.7 Å². The molecule has 1 aliphatic carbocycles. The SMILES string of the molecule is CC(NC(=O)c1cn[nH]n1)C1CC1. The summed E-state index contributed by atoms with van der Waals surface area (Å²) >= 11 is 0. The lowest BCUT2D eigenvalue weighted by Gasteiger charge is -2.10. The fourth-order valence-electron chi connectivity index (χ4n) is 1.31. The molecular weight excluding hydrogens is 168 g/mol. The van der Waals surface area contributed by atoms with Crippen LogP contribution >= 0.6 is 0 Å². The first-order valence-electron chi connectivity index (χ1n) is 4.44. The van der Waals surface area contributed by atoms with Gasteiger partial charge in [-0.2, -0.15) is 15.4 Å². The first-order chi connectivity index (χ1) is 6.27. The fraction of sp³-hybridized carbons (Fsp3) is 0.625. The van der Waals surface area contributed by atoms with Crippen molar-refractivity contribution in [3.63, 3.8) is 0 Å². The Labute approximate surface area is 75.9 Å². The fourth-order valence-corrected chi connectivity index (χ4v) is 1.31. The number of aromatic amines is 1. The number of hydrogen-bond acceptors (Lipinski definition) is 3. The molecule has 1 aliphatic rings. The third kappa shape index (κ3) is 1.85. The van der Waals surface area contributed by atoms with E-state index in [1.54, 1.807) is 0 Å². The minimum Gasteiger partial charge on any atom is -0.348 e. The molecule has 5 heteroatoms. The Balaban J connectivity index is 1.91. The molecule has 70 valence electrons. The summed E-state index contributed by atoms with van der Waals surface area (Å²) in [6, 6.07) is 0.254. The normalized spacial score (nSPS) is 18.2. The van der Waals surface area contributed by atoms with E-state index in [9.17, 15) is 4.79 Å². The number of nitrogens with one attached hydrogen (secondary N) is 2. The van der Waals surface area contributed by atoms with Gasteiger partial charge in [0, 0.05) is 6.04 Å². The summed E-state index contributed by atoms with van der Waals surface area (Å²) in [6.07, 6.45) is 3.87. The molecule has 1 aromatic rings. The molecule has 1 aromatic heterocycles. The van der Waals surface area contributed by atoms with Crippen LogP contribution < -0.4 is 5.32 Å².